The number of hydrogen-bond donors (Lipinski definition) is 2. The van der Waals surface area contributed by atoms with E-state index in [1.54, 1.807) is 0 Å². The lowest BCUT2D eigenvalue weighted by molar-refractivity contribution is 0.0398. The Labute approximate surface area is 200 Å². The maximum absolute atomic E-state index is 12.8. The first-order valence-electron chi connectivity index (χ1n) is 12.4. The maximum Gasteiger partial charge on any atom is 0.251 e. The molecule has 0 bridgehead atoms. The Morgan fingerprint density at radius 1 is 1.12 bits per heavy atom. The average Bonchev–Trinajstić information content (AvgIpc) is 3.38. The first-order valence-corrected chi connectivity index (χ1v) is 12.4. The van der Waals surface area contributed by atoms with Gasteiger partial charge in [-0.25, -0.2) is 9.97 Å². The zero-order valence-corrected chi connectivity index (χ0v) is 19.8. The molecule has 1 aliphatic heterocycles. The number of ether oxygens (including phenoxy) is 1. The van der Waals surface area contributed by atoms with Gasteiger partial charge in [-0.3, -0.25) is 9.69 Å². The zero-order chi connectivity index (χ0) is 23.3. The van der Waals surface area contributed by atoms with Crippen molar-refractivity contribution < 1.29 is 9.53 Å². The van der Waals surface area contributed by atoms with Gasteiger partial charge in [-0.15, -0.1) is 0 Å². The van der Waals surface area contributed by atoms with E-state index in [1.165, 1.54) is 12.8 Å². The SMILES string of the molecule is Cc1ccc(C(=O)NC2CCCC2)cc1-c1ccc2nc(NCCN3CCOCC3)ncc2c1. The second-order valence-corrected chi connectivity index (χ2v) is 9.33. The van der Waals surface area contributed by atoms with Crippen LogP contribution in [0, 0.1) is 6.92 Å². The Balaban J connectivity index is 1.28. The number of amides is 1. The molecule has 7 nitrogen and oxygen atoms in total. The molecule has 34 heavy (non-hydrogen) atoms. The standard InChI is InChI=1S/C27H33N5O2/c1-19-6-7-21(26(33)30-23-4-2-3-5-23)17-24(19)20-8-9-25-22(16-20)18-29-27(31-25)28-10-11-32-12-14-34-15-13-32/h6-9,16-18,23H,2-5,10-15H2,1H3,(H,30,33)(H,28,29,31). The van der Waals surface area contributed by atoms with Crippen molar-refractivity contribution in [2.45, 2.75) is 38.6 Å². The molecule has 5 rings (SSSR count). The molecule has 178 valence electrons. The molecule has 2 aliphatic rings. The van der Waals surface area contributed by atoms with Crippen molar-refractivity contribution in [1.82, 2.24) is 20.2 Å². The predicted octanol–water partition coefficient (Wildman–Crippen LogP) is 4.02. The Bertz CT molecular complexity index is 1150. The van der Waals surface area contributed by atoms with Gasteiger partial charge in [0, 0.05) is 49.4 Å². The summed E-state index contributed by atoms with van der Waals surface area (Å²) in [6.07, 6.45) is 6.44. The minimum absolute atomic E-state index is 0.0186. The van der Waals surface area contributed by atoms with Gasteiger partial charge in [0.05, 0.1) is 18.7 Å². The number of carbonyl (C=O) groups excluding carboxylic acids is 1. The number of nitrogens with one attached hydrogen (secondary N) is 2. The highest BCUT2D eigenvalue weighted by atomic mass is 16.5. The van der Waals surface area contributed by atoms with Gasteiger partial charge in [0.2, 0.25) is 5.95 Å². The largest absolute Gasteiger partial charge is 0.379 e. The van der Waals surface area contributed by atoms with E-state index in [4.69, 9.17) is 4.74 Å². The fourth-order valence-corrected chi connectivity index (χ4v) is 4.85. The molecule has 0 atom stereocenters. The van der Waals surface area contributed by atoms with Crippen molar-refractivity contribution >= 4 is 22.8 Å². The van der Waals surface area contributed by atoms with Crippen LogP contribution in [-0.2, 0) is 4.74 Å². The minimum atomic E-state index is 0.0186. The number of benzene rings is 2. The fraction of sp³-hybridized carbons (Fsp3) is 0.444. The molecule has 1 aliphatic carbocycles. The van der Waals surface area contributed by atoms with Crippen LogP contribution in [0.3, 0.4) is 0 Å². The van der Waals surface area contributed by atoms with Gasteiger partial charge < -0.3 is 15.4 Å². The molecule has 7 heteroatoms. The molecule has 2 fully saturated rings. The molecule has 2 aromatic carbocycles. The predicted molar refractivity (Wildman–Crippen MR) is 135 cm³/mol. The highest BCUT2D eigenvalue weighted by Crippen LogP contribution is 2.28. The lowest BCUT2D eigenvalue weighted by atomic mass is 9.96. The van der Waals surface area contributed by atoms with Gasteiger partial charge in [0.25, 0.3) is 5.91 Å². The van der Waals surface area contributed by atoms with Crippen molar-refractivity contribution in [2.75, 3.05) is 44.7 Å². The molecule has 1 amide bonds. The van der Waals surface area contributed by atoms with E-state index in [2.05, 4.69) is 44.6 Å². The summed E-state index contributed by atoms with van der Waals surface area (Å²) in [6.45, 7) is 7.41. The third-order valence-electron chi connectivity index (χ3n) is 6.90. The van der Waals surface area contributed by atoms with Crippen molar-refractivity contribution in [2.24, 2.45) is 0 Å². The van der Waals surface area contributed by atoms with Crippen LogP contribution in [0.25, 0.3) is 22.0 Å². The number of fused-ring (bicyclic) bond motifs is 1. The first kappa shape index (κ1) is 22.7. The Kier molecular flexibility index (Phi) is 7.02. The molecule has 2 N–H and O–H groups in total. The maximum atomic E-state index is 12.8. The van der Waals surface area contributed by atoms with Gasteiger partial charge in [-0.05, 0) is 60.7 Å². The molecule has 3 aromatic rings. The second kappa shape index (κ2) is 10.5. The summed E-state index contributed by atoms with van der Waals surface area (Å²) in [5, 5.41) is 7.51. The van der Waals surface area contributed by atoms with Gasteiger partial charge in [-0.2, -0.15) is 0 Å². The molecule has 0 unspecified atom stereocenters. The summed E-state index contributed by atoms with van der Waals surface area (Å²) >= 11 is 0. The number of aromatic nitrogens is 2. The quantitative estimate of drug-likeness (QED) is 0.556. The monoisotopic (exact) mass is 459 g/mol. The number of carbonyl (C=O) groups is 1. The Morgan fingerprint density at radius 2 is 1.94 bits per heavy atom. The van der Waals surface area contributed by atoms with Crippen molar-refractivity contribution in [3.8, 4) is 11.1 Å². The van der Waals surface area contributed by atoms with Crippen molar-refractivity contribution in [3.05, 3.63) is 53.7 Å². The van der Waals surface area contributed by atoms with E-state index in [-0.39, 0.29) is 5.91 Å². The summed E-state index contributed by atoms with van der Waals surface area (Å²) in [5.41, 5.74) is 4.88. The van der Waals surface area contributed by atoms with E-state index in [1.807, 2.05) is 30.5 Å². The van der Waals surface area contributed by atoms with Gasteiger partial charge in [0.15, 0.2) is 0 Å². The van der Waals surface area contributed by atoms with Gasteiger partial charge in [0.1, 0.15) is 0 Å². The number of aryl methyl sites for hydroxylation is 1. The molecule has 1 saturated heterocycles. The summed E-state index contributed by atoms with van der Waals surface area (Å²) < 4.78 is 5.40. The molecule has 1 saturated carbocycles. The van der Waals surface area contributed by atoms with Crippen LogP contribution in [0.4, 0.5) is 5.95 Å². The highest BCUT2D eigenvalue weighted by molar-refractivity contribution is 5.96. The normalized spacial score (nSPS) is 17.2. The first-order chi connectivity index (χ1) is 16.7. The topological polar surface area (TPSA) is 79.4 Å². The summed E-state index contributed by atoms with van der Waals surface area (Å²) in [4.78, 5) is 24.4. The smallest absolute Gasteiger partial charge is 0.251 e. The van der Waals surface area contributed by atoms with E-state index < -0.39 is 0 Å². The minimum Gasteiger partial charge on any atom is -0.379 e. The molecular weight excluding hydrogens is 426 g/mol. The lowest BCUT2D eigenvalue weighted by Gasteiger charge is -2.26. The van der Waals surface area contributed by atoms with Crippen LogP contribution < -0.4 is 10.6 Å². The third kappa shape index (κ3) is 5.37. The van der Waals surface area contributed by atoms with Gasteiger partial charge >= 0.3 is 0 Å². The number of nitrogens with zero attached hydrogens (tertiary/aromatic N) is 3. The molecule has 0 radical (unpaired) electrons. The molecule has 2 heterocycles. The summed E-state index contributed by atoms with van der Waals surface area (Å²) in [7, 11) is 0. The highest BCUT2D eigenvalue weighted by Gasteiger charge is 2.18. The number of hydrogen-bond acceptors (Lipinski definition) is 6. The van der Waals surface area contributed by atoms with Crippen molar-refractivity contribution in [3.63, 3.8) is 0 Å². The Hall–Kier alpha value is -3.03. The van der Waals surface area contributed by atoms with E-state index in [0.717, 1.165) is 79.8 Å². The second-order valence-electron chi connectivity index (χ2n) is 9.33. The van der Waals surface area contributed by atoms with E-state index in [0.29, 0.717) is 17.6 Å². The van der Waals surface area contributed by atoms with Crippen LogP contribution in [0.5, 0.6) is 0 Å². The average molecular weight is 460 g/mol. The van der Waals surface area contributed by atoms with Crippen LogP contribution in [0.1, 0.15) is 41.6 Å². The summed E-state index contributed by atoms with van der Waals surface area (Å²) in [5.74, 6) is 0.667. The van der Waals surface area contributed by atoms with Crippen LogP contribution in [0.15, 0.2) is 42.6 Å². The van der Waals surface area contributed by atoms with Crippen LogP contribution in [0.2, 0.25) is 0 Å². The van der Waals surface area contributed by atoms with Crippen LogP contribution in [-0.4, -0.2) is 66.2 Å². The number of morpholine rings is 1. The molecule has 1 aromatic heterocycles. The zero-order valence-electron chi connectivity index (χ0n) is 19.8. The Morgan fingerprint density at radius 3 is 2.76 bits per heavy atom. The van der Waals surface area contributed by atoms with Crippen molar-refractivity contribution in [1.29, 1.82) is 0 Å². The fourth-order valence-electron chi connectivity index (χ4n) is 4.85. The molecule has 0 spiro atoms. The number of rotatable bonds is 7. The van der Waals surface area contributed by atoms with Crippen LogP contribution >= 0.6 is 0 Å². The lowest BCUT2D eigenvalue weighted by Crippen LogP contribution is -2.39. The summed E-state index contributed by atoms with van der Waals surface area (Å²) in [6, 6.07) is 12.5. The van der Waals surface area contributed by atoms with Gasteiger partial charge in [-0.1, -0.05) is 25.0 Å². The third-order valence-corrected chi connectivity index (χ3v) is 6.90. The molecular formula is C27H33N5O2. The number of anilines is 1. The van der Waals surface area contributed by atoms with E-state index >= 15 is 0 Å². The van der Waals surface area contributed by atoms with E-state index in [9.17, 15) is 4.79 Å².